The Bertz CT molecular complexity index is 1420. The number of rotatable bonds is 12. The molecule has 1 aliphatic carbocycles. The third-order valence-corrected chi connectivity index (χ3v) is 6.93. The van der Waals surface area contributed by atoms with Crippen molar-refractivity contribution in [1.82, 2.24) is 5.32 Å². The second-order valence-corrected chi connectivity index (χ2v) is 9.46. The summed E-state index contributed by atoms with van der Waals surface area (Å²) in [7, 11) is 3.23. The van der Waals surface area contributed by atoms with Gasteiger partial charge in [0.05, 0.1) is 19.8 Å². The van der Waals surface area contributed by atoms with Crippen LogP contribution in [0.25, 0.3) is 0 Å². The van der Waals surface area contributed by atoms with Crippen molar-refractivity contribution in [2.24, 2.45) is 0 Å². The lowest BCUT2D eigenvalue weighted by atomic mass is 9.83. The molecular formula is C33H33NO5. The average Bonchev–Trinajstić information content (AvgIpc) is 2.97. The van der Waals surface area contributed by atoms with Crippen molar-refractivity contribution in [3.63, 3.8) is 0 Å². The minimum absolute atomic E-state index is 0.153. The normalized spacial score (nSPS) is 11.6. The van der Waals surface area contributed by atoms with E-state index in [1.54, 1.807) is 14.2 Å². The van der Waals surface area contributed by atoms with E-state index >= 15 is 0 Å². The highest BCUT2D eigenvalue weighted by molar-refractivity contribution is 6.00. The summed E-state index contributed by atoms with van der Waals surface area (Å²) in [5.74, 6) is 2.29. The molecule has 39 heavy (non-hydrogen) atoms. The van der Waals surface area contributed by atoms with Crippen molar-refractivity contribution in [3.05, 3.63) is 118 Å². The second-order valence-electron chi connectivity index (χ2n) is 9.46. The first kappa shape index (κ1) is 26.2. The number of aryl methyl sites for hydroxylation is 1. The Morgan fingerprint density at radius 2 is 1.38 bits per heavy atom. The Morgan fingerprint density at radius 3 is 2.00 bits per heavy atom. The van der Waals surface area contributed by atoms with E-state index in [1.807, 2.05) is 84.9 Å². The Hall–Kier alpha value is -4.45. The smallest absolute Gasteiger partial charge is 0.255 e. The first-order valence-electron chi connectivity index (χ1n) is 13.2. The van der Waals surface area contributed by atoms with Crippen LogP contribution in [0.1, 0.15) is 38.2 Å². The molecule has 0 aliphatic heterocycles. The summed E-state index contributed by atoms with van der Waals surface area (Å²) in [5.41, 5.74) is 5.86. The Kier molecular flexibility index (Phi) is 8.32. The van der Waals surface area contributed by atoms with Crippen LogP contribution >= 0.6 is 0 Å². The molecule has 0 radical (unpaired) electrons. The summed E-state index contributed by atoms with van der Waals surface area (Å²) in [6.07, 6.45) is 2.41. The van der Waals surface area contributed by atoms with E-state index in [0.717, 1.165) is 40.7 Å². The van der Waals surface area contributed by atoms with Gasteiger partial charge in [-0.3, -0.25) is 4.79 Å². The van der Waals surface area contributed by atoms with Crippen molar-refractivity contribution >= 4 is 5.91 Å². The monoisotopic (exact) mass is 523 g/mol. The van der Waals surface area contributed by atoms with E-state index in [1.165, 1.54) is 0 Å². The summed E-state index contributed by atoms with van der Waals surface area (Å²) in [4.78, 5) is 13.6. The minimum atomic E-state index is -0.153. The van der Waals surface area contributed by atoms with Crippen LogP contribution in [0.3, 0.4) is 0 Å². The molecule has 0 atom stereocenters. The molecule has 1 N–H and O–H groups in total. The van der Waals surface area contributed by atoms with Crippen LogP contribution in [0.5, 0.6) is 23.0 Å². The zero-order valence-corrected chi connectivity index (χ0v) is 22.4. The Morgan fingerprint density at radius 1 is 0.718 bits per heavy atom. The zero-order valence-electron chi connectivity index (χ0n) is 22.4. The molecule has 1 amide bonds. The minimum Gasteiger partial charge on any atom is -0.493 e. The fourth-order valence-electron chi connectivity index (χ4n) is 4.72. The molecule has 0 heterocycles. The standard InChI is InChI=1S/C33H33NO5/c1-36-28-16-13-23(19-29(28)37-2)17-18-34-33(35)31-27-15-14-26(27)20-30(38-21-24-9-5-3-6-10-24)32(31)39-22-25-11-7-4-8-12-25/h3-13,16,19-20H,14-15,17-18,21-22H2,1-2H3,(H,34,35). The van der Waals surface area contributed by atoms with Gasteiger partial charge in [-0.05, 0) is 65.3 Å². The number of fused-ring (bicyclic) bond motifs is 1. The fourth-order valence-corrected chi connectivity index (χ4v) is 4.72. The van der Waals surface area contributed by atoms with Crippen molar-refractivity contribution in [1.29, 1.82) is 0 Å². The van der Waals surface area contributed by atoms with E-state index in [0.29, 0.717) is 54.7 Å². The van der Waals surface area contributed by atoms with Crippen LogP contribution in [0, 0.1) is 0 Å². The summed E-state index contributed by atoms with van der Waals surface area (Å²) < 4.78 is 23.3. The van der Waals surface area contributed by atoms with Gasteiger partial charge in [-0.2, -0.15) is 0 Å². The molecule has 0 saturated heterocycles. The average molecular weight is 524 g/mol. The Balaban J connectivity index is 1.37. The van der Waals surface area contributed by atoms with Gasteiger partial charge in [0.2, 0.25) is 0 Å². The van der Waals surface area contributed by atoms with E-state index in [9.17, 15) is 4.79 Å². The molecule has 0 fully saturated rings. The summed E-state index contributed by atoms with van der Waals surface area (Å²) in [6, 6.07) is 27.8. The van der Waals surface area contributed by atoms with Crippen LogP contribution in [0.15, 0.2) is 84.9 Å². The van der Waals surface area contributed by atoms with Crippen molar-refractivity contribution in [2.45, 2.75) is 32.5 Å². The molecule has 4 aromatic carbocycles. The van der Waals surface area contributed by atoms with E-state index in [-0.39, 0.29) is 5.91 Å². The Labute approximate surface area is 229 Å². The van der Waals surface area contributed by atoms with E-state index < -0.39 is 0 Å². The fraction of sp³-hybridized carbons (Fsp3) is 0.242. The molecular weight excluding hydrogens is 490 g/mol. The summed E-state index contributed by atoms with van der Waals surface area (Å²) >= 11 is 0. The highest BCUT2D eigenvalue weighted by Crippen LogP contribution is 2.42. The molecule has 6 heteroatoms. The highest BCUT2D eigenvalue weighted by Gasteiger charge is 2.29. The number of hydrogen-bond donors (Lipinski definition) is 1. The maximum atomic E-state index is 13.6. The molecule has 4 aromatic rings. The third-order valence-electron chi connectivity index (χ3n) is 6.93. The first-order chi connectivity index (χ1) is 19.2. The number of carbonyl (C=O) groups excluding carboxylic acids is 1. The van der Waals surface area contributed by atoms with Crippen LogP contribution in [0.2, 0.25) is 0 Å². The van der Waals surface area contributed by atoms with Crippen LogP contribution in [-0.2, 0) is 32.5 Å². The molecule has 0 bridgehead atoms. The SMILES string of the molecule is COc1ccc(CCNC(=O)c2c3c(cc(OCc4ccccc4)c2OCc2ccccc2)CC3)cc1OC. The first-order valence-corrected chi connectivity index (χ1v) is 13.2. The molecule has 5 rings (SSSR count). The molecule has 0 saturated carbocycles. The highest BCUT2D eigenvalue weighted by atomic mass is 16.5. The molecule has 0 unspecified atom stereocenters. The van der Waals surface area contributed by atoms with Gasteiger partial charge in [0.1, 0.15) is 13.2 Å². The van der Waals surface area contributed by atoms with Crippen molar-refractivity contribution in [2.75, 3.05) is 20.8 Å². The van der Waals surface area contributed by atoms with Gasteiger partial charge in [0.15, 0.2) is 23.0 Å². The third kappa shape index (κ3) is 6.17. The van der Waals surface area contributed by atoms with Gasteiger partial charge >= 0.3 is 0 Å². The molecule has 0 aromatic heterocycles. The lowest BCUT2D eigenvalue weighted by molar-refractivity contribution is 0.0946. The van der Waals surface area contributed by atoms with Crippen molar-refractivity contribution < 1.29 is 23.7 Å². The van der Waals surface area contributed by atoms with Gasteiger partial charge in [-0.15, -0.1) is 0 Å². The quantitative estimate of drug-likeness (QED) is 0.249. The van der Waals surface area contributed by atoms with Crippen LogP contribution < -0.4 is 24.3 Å². The van der Waals surface area contributed by atoms with E-state index in [4.69, 9.17) is 18.9 Å². The van der Waals surface area contributed by atoms with Crippen molar-refractivity contribution in [3.8, 4) is 23.0 Å². The van der Waals surface area contributed by atoms with Gasteiger partial charge in [0.25, 0.3) is 5.91 Å². The molecule has 200 valence electrons. The molecule has 0 spiro atoms. The molecule has 6 nitrogen and oxygen atoms in total. The summed E-state index contributed by atoms with van der Waals surface area (Å²) in [5, 5.41) is 3.11. The maximum Gasteiger partial charge on any atom is 0.255 e. The van der Waals surface area contributed by atoms with E-state index in [2.05, 4.69) is 5.32 Å². The number of nitrogens with one attached hydrogen (secondary N) is 1. The number of amides is 1. The molecule has 1 aliphatic rings. The number of benzene rings is 4. The largest absolute Gasteiger partial charge is 0.493 e. The maximum absolute atomic E-state index is 13.6. The predicted molar refractivity (Wildman–Crippen MR) is 151 cm³/mol. The van der Waals surface area contributed by atoms with Gasteiger partial charge < -0.3 is 24.3 Å². The number of hydrogen-bond acceptors (Lipinski definition) is 5. The van der Waals surface area contributed by atoms with Crippen LogP contribution in [-0.4, -0.2) is 26.7 Å². The number of carbonyl (C=O) groups is 1. The number of methoxy groups -OCH3 is 2. The number of ether oxygens (including phenoxy) is 4. The summed E-state index contributed by atoms with van der Waals surface area (Å²) in [6.45, 7) is 1.20. The van der Waals surface area contributed by atoms with Gasteiger partial charge in [0, 0.05) is 6.54 Å². The second kappa shape index (κ2) is 12.4. The van der Waals surface area contributed by atoms with Gasteiger partial charge in [-0.25, -0.2) is 0 Å². The topological polar surface area (TPSA) is 66.0 Å². The van der Waals surface area contributed by atoms with Gasteiger partial charge in [-0.1, -0.05) is 66.7 Å². The lowest BCUT2D eigenvalue weighted by Crippen LogP contribution is -2.29. The lowest BCUT2D eigenvalue weighted by Gasteiger charge is -2.27. The zero-order chi connectivity index (χ0) is 27.0. The van der Waals surface area contributed by atoms with Crippen LogP contribution in [0.4, 0.5) is 0 Å². The predicted octanol–water partition coefficient (Wildman–Crippen LogP) is 5.93.